The molecule has 1 atom stereocenters. The lowest BCUT2D eigenvalue weighted by atomic mass is 9.80. The zero-order chi connectivity index (χ0) is 12.7. The van der Waals surface area contributed by atoms with Crippen LogP contribution in [0.15, 0.2) is 10.9 Å². The van der Waals surface area contributed by atoms with Crippen LogP contribution in [0.25, 0.3) is 11.0 Å². The van der Waals surface area contributed by atoms with E-state index in [0.29, 0.717) is 6.04 Å². The van der Waals surface area contributed by atoms with Crippen LogP contribution in [0.4, 0.5) is 5.82 Å². The van der Waals surface area contributed by atoms with Crippen molar-refractivity contribution in [1.82, 2.24) is 19.7 Å². The monoisotopic (exact) mass is 309 g/mol. The maximum absolute atomic E-state index is 4.36. The highest BCUT2D eigenvalue weighted by molar-refractivity contribution is 9.10. The molecule has 0 spiro atoms. The molecule has 1 unspecified atom stereocenters. The predicted molar refractivity (Wildman–Crippen MR) is 74.4 cm³/mol. The summed E-state index contributed by atoms with van der Waals surface area (Å²) < 4.78 is 2.56. The lowest BCUT2D eigenvalue weighted by Crippen LogP contribution is -2.31. The Morgan fingerprint density at radius 3 is 2.89 bits per heavy atom. The van der Waals surface area contributed by atoms with Crippen LogP contribution in [0, 0.1) is 5.92 Å². The summed E-state index contributed by atoms with van der Waals surface area (Å²) in [6, 6.07) is 0.448. The molecule has 0 aliphatic heterocycles. The summed E-state index contributed by atoms with van der Waals surface area (Å²) in [5.74, 6) is 1.64. The Balaban J connectivity index is 1.95. The van der Waals surface area contributed by atoms with Gasteiger partial charge >= 0.3 is 0 Å². The SMILES string of the molecule is CC(Nc1ncnc2c1c(Br)nn2C)C1CCC1. The van der Waals surface area contributed by atoms with Crippen LogP contribution in [0.3, 0.4) is 0 Å². The molecular formula is C12H16BrN5. The summed E-state index contributed by atoms with van der Waals surface area (Å²) in [5.41, 5.74) is 0.847. The second kappa shape index (κ2) is 4.50. The second-order valence-electron chi connectivity index (χ2n) is 4.96. The van der Waals surface area contributed by atoms with Crippen molar-refractivity contribution in [3.8, 4) is 0 Å². The third-order valence-electron chi connectivity index (χ3n) is 3.80. The van der Waals surface area contributed by atoms with Gasteiger partial charge in [-0.2, -0.15) is 5.10 Å². The standard InChI is InChI=1S/C12H16BrN5/c1-7(8-4-3-5-8)16-11-9-10(13)17-18(2)12(9)15-6-14-11/h6-8H,3-5H2,1-2H3,(H,14,15,16). The Morgan fingerprint density at radius 1 is 1.44 bits per heavy atom. The molecule has 2 aromatic rings. The number of nitrogens with zero attached hydrogens (tertiary/aromatic N) is 4. The number of aryl methyl sites for hydroxylation is 1. The lowest BCUT2D eigenvalue weighted by molar-refractivity contribution is 0.285. The van der Waals surface area contributed by atoms with E-state index in [1.807, 2.05) is 7.05 Å². The van der Waals surface area contributed by atoms with Gasteiger partial charge in [0.15, 0.2) is 5.65 Å². The second-order valence-corrected chi connectivity index (χ2v) is 5.71. The van der Waals surface area contributed by atoms with Crippen molar-refractivity contribution in [2.45, 2.75) is 32.2 Å². The van der Waals surface area contributed by atoms with Crippen LogP contribution in [0.2, 0.25) is 0 Å². The average Bonchev–Trinajstić information content (AvgIpc) is 2.53. The molecule has 96 valence electrons. The molecule has 3 rings (SSSR count). The molecule has 0 aromatic carbocycles. The number of nitrogens with one attached hydrogen (secondary N) is 1. The maximum atomic E-state index is 4.36. The Hall–Kier alpha value is -1.17. The van der Waals surface area contributed by atoms with Crippen molar-refractivity contribution in [3.05, 3.63) is 10.9 Å². The topological polar surface area (TPSA) is 55.6 Å². The number of halogens is 1. The van der Waals surface area contributed by atoms with E-state index in [1.165, 1.54) is 19.3 Å². The van der Waals surface area contributed by atoms with Crippen LogP contribution in [0.5, 0.6) is 0 Å². The van der Waals surface area contributed by atoms with Crippen LogP contribution in [0.1, 0.15) is 26.2 Å². The van der Waals surface area contributed by atoms with Gasteiger partial charge in [0.05, 0.1) is 5.39 Å². The van der Waals surface area contributed by atoms with Crippen molar-refractivity contribution in [1.29, 1.82) is 0 Å². The molecule has 5 nitrogen and oxygen atoms in total. The van der Waals surface area contributed by atoms with E-state index >= 15 is 0 Å². The lowest BCUT2D eigenvalue weighted by Gasteiger charge is -2.32. The third kappa shape index (κ3) is 1.88. The molecule has 1 fully saturated rings. The molecule has 1 aliphatic rings. The van der Waals surface area contributed by atoms with Crippen LogP contribution in [-0.4, -0.2) is 25.8 Å². The molecule has 2 heterocycles. The van der Waals surface area contributed by atoms with Crippen LogP contribution < -0.4 is 5.32 Å². The van der Waals surface area contributed by atoms with E-state index in [9.17, 15) is 0 Å². The summed E-state index contributed by atoms with van der Waals surface area (Å²) in [4.78, 5) is 8.62. The molecule has 18 heavy (non-hydrogen) atoms. The van der Waals surface area contributed by atoms with E-state index < -0.39 is 0 Å². The number of fused-ring (bicyclic) bond motifs is 1. The molecule has 1 N–H and O–H groups in total. The highest BCUT2D eigenvalue weighted by atomic mass is 79.9. The fourth-order valence-corrected chi connectivity index (χ4v) is 3.03. The molecule has 0 amide bonds. The number of hydrogen-bond donors (Lipinski definition) is 1. The van der Waals surface area contributed by atoms with Gasteiger partial charge in [0.25, 0.3) is 0 Å². The first-order chi connectivity index (χ1) is 8.66. The van der Waals surface area contributed by atoms with Crippen LogP contribution >= 0.6 is 15.9 Å². The smallest absolute Gasteiger partial charge is 0.164 e. The Kier molecular flexibility index (Phi) is 2.97. The van der Waals surface area contributed by atoms with E-state index in [4.69, 9.17) is 0 Å². The fourth-order valence-electron chi connectivity index (χ4n) is 2.42. The van der Waals surface area contributed by atoms with Gasteiger partial charge in [-0.1, -0.05) is 6.42 Å². The molecule has 0 saturated heterocycles. The quantitative estimate of drug-likeness (QED) is 0.947. The maximum Gasteiger partial charge on any atom is 0.164 e. The number of aromatic nitrogens is 4. The normalized spacial score (nSPS) is 17.7. The van der Waals surface area contributed by atoms with E-state index in [1.54, 1.807) is 11.0 Å². The summed E-state index contributed by atoms with van der Waals surface area (Å²) in [5, 5.41) is 8.80. The number of rotatable bonds is 3. The Labute approximate surface area is 114 Å². The Morgan fingerprint density at radius 2 is 2.22 bits per heavy atom. The average molecular weight is 310 g/mol. The number of hydrogen-bond acceptors (Lipinski definition) is 4. The van der Waals surface area contributed by atoms with E-state index in [0.717, 1.165) is 27.4 Å². The summed E-state index contributed by atoms with van der Waals surface area (Å²) in [6.07, 6.45) is 5.58. The van der Waals surface area contributed by atoms with Gasteiger partial charge in [-0.05, 0) is 41.6 Å². The number of anilines is 1. The van der Waals surface area contributed by atoms with Crippen molar-refractivity contribution in [3.63, 3.8) is 0 Å². The molecule has 1 aliphatic carbocycles. The first kappa shape index (κ1) is 11.9. The molecule has 1 saturated carbocycles. The van der Waals surface area contributed by atoms with Crippen molar-refractivity contribution >= 4 is 32.8 Å². The summed E-state index contributed by atoms with van der Waals surface area (Å²) in [7, 11) is 1.89. The van der Waals surface area contributed by atoms with E-state index in [2.05, 4.69) is 43.2 Å². The van der Waals surface area contributed by atoms with Gasteiger partial charge in [-0.3, -0.25) is 0 Å². The summed E-state index contributed by atoms with van der Waals surface area (Å²) in [6.45, 7) is 2.22. The van der Waals surface area contributed by atoms with Crippen molar-refractivity contribution in [2.24, 2.45) is 13.0 Å². The van der Waals surface area contributed by atoms with Gasteiger partial charge in [0, 0.05) is 13.1 Å². The van der Waals surface area contributed by atoms with Gasteiger partial charge in [-0.15, -0.1) is 0 Å². The molecular weight excluding hydrogens is 294 g/mol. The highest BCUT2D eigenvalue weighted by Crippen LogP contribution is 2.33. The van der Waals surface area contributed by atoms with Gasteiger partial charge in [0.1, 0.15) is 16.7 Å². The zero-order valence-corrected chi connectivity index (χ0v) is 12.1. The molecule has 0 radical (unpaired) electrons. The third-order valence-corrected chi connectivity index (χ3v) is 4.35. The minimum Gasteiger partial charge on any atom is -0.367 e. The van der Waals surface area contributed by atoms with E-state index in [-0.39, 0.29) is 0 Å². The minimum atomic E-state index is 0.448. The van der Waals surface area contributed by atoms with Crippen molar-refractivity contribution < 1.29 is 0 Å². The van der Waals surface area contributed by atoms with Gasteiger partial charge < -0.3 is 5.32 Å². The molecule has 0 bridgehead atoms. The minimum absolute atomic E-state index is 0.448. The first-order valence-electron chi connectivity index (χ1n) is 6.26. The van der Waals surface area contributed by atoms with Gasteiger partial charge in [-0.25, -0.2) is 14.6 Å². The molecule has 6 heteroatoms. The summed E-state index contributed by atoms with van der Waals surface area (Å²) >= 11 is 3.47. The fraction of sp³-hybridized carbons (Fsp3) is 0.583. The highest BCUT2D eigenvalue weighted by Gasteiger charge is 2.25. The van der Waals surface area contributed by atoms with Crippen molar-refractivity contribution in [2.75, 3.05) is 5.32 Å². The predicted octanol–water partition coefficient (Wildman–Crippen LogP) is 2.73. The molecule has 2 aromatic heterocycles. The van der Waals surface area contributed by atoms with Gasteiger partial charge in [0.2, 0.25) is 0 Å². The zero-order valence-electron chi connectivity index (χ0n) is 10.5. The largest absolute Gasteiger partial charge is 0.367 e. The van der Waals surface area contributed by atoms with Crippen LogP contribution in [-0.2, 0) is 7.05 Å². The first-order valence-corrected chi connectivity index (χ1v) is 7.06. The Bertz CT molecular complexity index is 575.